The first-order valence-corrected chi connectivity index (χ1v) is 14.3. The van der Waals surface area contributed by atoms with E-state index in [0.717, 1.165) is 25.7 Å². The molecule has 17 nitrogen and oxygen atoms in total. The first-order chi connectivity index (χ1) is 18.0. The van der Waals surface area contributed by atoms with E-state index in [9.17, 15) is 39.6 Å². The summed E-state index contributed by atoms with van der Waals surface area (Å²) in [6.07, 6.45) is 1.41. The molecule has 0 aromatic rings. The average Bonchev–Trinajstić information content (AvgIpc) is 3.61. The number of carboxylic acids is 2. The van der Waals surface area contributed by atoms with Gasteiger partial charge >= 0.3 is 11.9 Å². The van der Waals surface area contributed by atoms with Crippen LogP contribution in [0, 0.1) is 11.8 Å². The summed E-state index contributed by atoms with van der Waals surface area (Å²) >= 11 is 2.71. The number of carbonyl (C=O) groups excluding carboxylic acids is 2. The van der Waals surface area contributed by atoms with E-state index in [4.69, 9.17) is 9.47 Å². The SMILES string of the molecule is CC(O)C1C(=O)N2C(C(=O)O)=C(C3CCCO3)SC12.CC(O)C1C(=O)N2C(C(=O)O)=C(C3CCCO3)SC12.O.O.O.O.O.[Na].[Na]. The van der Waals surface area contributed by atoms with Crippen LogP contribution in [0.4, 0.5) is 0 Å². The summed E-state index contributed by atoms with van der Waals surface area (Å²) in [4.78, 5) is 50.6. The maximum absolute atomic E-state index is 12.0. The van der Waals surface area contributed by atoms with Crippen LogP contribution in [0.5, 0.6) is 0 Å². The van der Waals surface area contributed by atoms with Crippen molar-refractivity contribution >= 4 is 106 Å². The Bertz CT molecular complexity index is 1040. The molecule has 21 heteroatoms. The van der Waals surface area contributed by atoms with Crippen molar-refractivity contribution in [2.24, 2.45) is 11.8 Å². The maximum Gasteiger partial charge on any atom is 0.353 e. The Kier molecular flexibility index (Phi) is 21.4. The number of aliphatic hydroxyl groups is 2. The molecule has 0 saturated carbocycles. The molecule has 6 aliphatic heterocycles. The van der Waals surface area contributed by atoms with E-state index in [1.54, 1.807) is 13.8 Å². The third-order valence-corrected chi connectivity index (χ3v) is 10.4. The van der Waals surface area contributed by atoms with Crippen LogP contribution in [0.3, 0.4) is 0 Å². The molecule has 0 bridgehead atoms. The van der Waals surface area contributed by atoms with Gasteiger partial charge in [-0.05, 0) is 39.5 Å². The molecule has 2 radical (unpaired) electrons. The largest absolute Gasteiger partial charge is 0.477 e. The molecule has 0 aliphatic carbocycles. The van der Waals surface area contributed by atoms with Crippen LogP contribution < -0.4 is 0 Å². The van der Waals surface area contributed by atoms with E-state index in [0.29, 0.717) is 23.0 Å². The number of β-lactam (4-membered cyclic amide) rings is 2. The number of hydrogen-bond donors (Lipinski definition) is 4. The summed E-state index contributed by atoms with van der Waals surface area (Å²) in [5, 5.41) is 37.3. The van der Waals surface area contributed by atoms with Crippen LogP contribution in [0.1, 0.15) is 39.5 Å². The second-order valence-corrected chi connectivity index (χ2v) is 12.3. The number of thioether (sulfide) groups is 2. The fourth-order valence-corrected chi connectivity index (χ4v) is 9.04. The molecule has 4 fully saturated rings. The monoisotopic (exact) mass is 706 g/mol. The van der Waals surface area contributed by atoms with Gasteiger partial charge in [-0.2, -0.15) is 0 Å². The van der Waals surface area contributed by atoms with Gasteiger partial charge in [-0.3, -0.25) is 19.4 Å². The van der Waals surface area contributed by atoms with Gasteiger partial charge in [0.25, 0.3) is 0 Å². The Hall–Kier alpha value is -0.300. The molecule has 8 atom stereocenters. The summed E-state index contributed by atoms with van der Waals surface area (Å²) in [5.41, 5.74) is 0.0904. The Labute approximate surface area is 311 Å². The van der Waals surface area contributed by atoms with Crippen molar-refractivity contribution in [1.82, 2.24) is 9.80 Å². The number of rotatable bonds is 6. The number of fused-ring (bicyclic) bond motifs is 2. The molecule has 8 unspecified atom stereocenters. The molecular weight excluding hydrogens is 666 g/mol. The quantitative estimate of drug-likeness (QED) is 0.151. The molecule has 6 aliphatic rings. The molecule has 45 heavy (non-hydrogen) atoms. The van der Waals surface area contributed by atoms with Crippen molar-refractivity contribution < 1.29 is 76.5 Å². The standard InChI is InChI=1S/2C12H15NO5S.2Na.5H2O/c2*1-5(14)7-10(15)13-8(12(16)17)9(19-11(7)13)6-3-2-4-18-6;;;;;;;/h2*5-7,11,14H,2-4H2,1H3,(H,16,17);;;5*1H2. The summed E-state index contributed by atoms with van der Waals surface area (Å²) in [5.74, 6) is -3.84. The molecule has 2 amide bonds. The van der Waals surface area contributed by atoms with Gasteiger partial charge in [0.1, 0.15) is 22.1 Å². The number of ether oxygens (including phenoxy) is 2. The molecule has 0 spiro atoms. The molecule has 6 rings (SSSR count). The minimum Gasteiger partial charge on any atom is -0.477 e. The van der Waals surface area contributed by atoms with Crippen LogP contribution in [0.25, 0.3) is 0 Å². The molecule has 0 aromatic heterocycles. The summed E-state index contributed by atoms with van der Waals surface area (Å²) < 4.78 is 11.1. The first-order valence-electron chi connectivity index (χ1n) is 12.6. The van der Waals surface area contributed by atoms with E-state index < -0.39 is 36.0 Å². The topological polar surface area (TPSA) is 332 Å². The van der Waals surface area contributed by atoms with Crippen LogP contribution in [0.2, 0.25) is 0 Å². The van der Waals surface area contributed by atoms with Gasteiger partial charge in [0, 0.05) is 82.1 Å². The first kappa shape index (κ1) is 49.1. The van der Waals surface area contributed by atoms with Crippen molar-refractivity contribution in [3.8, 4) is 0 Å². The third kappa shape index (κ3) is 8.66. The number of nitrogens with zero attached hydrogens (tertiary/aromatic N) is 2. The molecular formula is C24H40N2Na2O15S2. The number of hydrogen-bond acceptors (Lipinski definition) is 10. The Morgan fingerprint density at radius 2 is 1.02 bits per heavy atom. The predicted octanol–water partition coefficient (Wildman–Crippen LogP) is -4.14. The van der Waals surface area contributed by atoms with Gasteiger partial charge in [-0.25, -0.2) is 9.59 Å². The van der Waals surface area contributed by atoms with Gasteiger partial charge in [0.2, 0.25) is 11.8 Å². The van der Waals surface area contributed by atoms with Crippen LogP contribution in [0.15, 0.2) is 21.2 Å². The smallest absolute Gasteiger partial charge is 0.353 e. The van der Waals surface area contributed by atoms with Gasteiger partial charge in [-0.1, -0.05) is 23.5 Å². The fourth-order valence-electron chi connectivity index (χ4n) is 5.64. The fraction of sp³-hybridized carbons (Fsp3) is 0.667. The molecule has 250 valence electrons. The van der Waals surface area contributed by atoms with E-state index in [2.05, 4.69) is 0 Å². The zero-order valence-electron chi connectivity index (χ0n) is 25.3. The van der Waals surface area contributed by atoms with Crippen molar-refractivity contribution in [3.63, 3.8) is 0 Å². The van der Waals surface area contributed by atoms with Crippen LogP contribution in [-0.4, -0.2) is 189 Å². The number of carboxylic acid groups (broad SMARTS) is 2. The average molecular weight is 707 g/mol. The van der Waals surface area contributed by atoms with E-state index in [-0.39, 0.29) is 133 Å². The number of carbonyl (C=O) groups is 4. The van der Waals surface area contributed by atoms with Crippen molar-refractivity contribution in [2.75, 3.05) is 13.2 Å². The summed E-state index contributed by atoms with van der Waals surface area (Å²) in [6.45, 7) is 4.37. The van der Waals surface area contributed by atoms with E-state index in [1.165, 1.54) is 33.3 Å². The van der Waals surface area contributed by atoms with Gasteiger partial charge in [-0.15, -0.1) is 0 Å². The Morgan fingerprint density at radius 1 is 0.711 bits per heavy atom. The van der Waals surface area contributed by atoms with Crippen LogP contribution >= 0.6 is 23.5 Å². The third-order valence-electron chi connectivity index (χ3n) is 7.50. The molecule has 0 aromatic carbocycles. The van der Waals surface area contributed by atoms with E-state index >= 15 is 0 Å². The zero-order chi connectivity index (χ0) is 27.5. The summed E-state index contributed by atoms with van der Waals surface area (Å²) in [7, 11) is 0. The predicted molar refractivity (Wildman–Crippen MR) is 164 cm³/mol. The van der Waals surface area contributed by atoms with Crippen molar-refractivity contribution in [2.45, 2.75) is 74.7 Å². The van der Waals surface area contributed by atoms with Gasteiger partial charge in [0.15, 0.2) is 0 Å². The van der Waals surface area contributed by atoms with Crippen molar-refractivity contribution in [1.29, 1.82) is 0 Å². The van der Waals surface area contributed by atoms with Crippen LogP contribution in [-0.2, 0) is 28.7 Å². The molecule has 14 N–H and O–H groups in total. The summed E-state index contributed by atoms with van der Waals surface area (Å²) in [6, 6.07) is 0. The van der Waals surface area contributed by atoms with Gasteiger partial charge < -0.3 is 57.3 Å². The number of amides is 2. The minimum absolute atomic E-state index is 0. The second-order valence-electron chi connectivity index (χ2n) is 10.0. The normalized spacial score (nSPS) is 29.9. The number of aliphatic carboxylic acids is 2. The van der Waals surface area contributed by atoms with Crippen molar-refractivity contribution in [3.05, 3.63) is 21.2 Å². The Morgan fingerprint density at radius 3 is 1.24 bits per heavy atom. The maximum atomic E-state index is 12.0. The van der Waals surface area contributed by atoms with E-state index in [1.807, 2.05) is 0 Å². The Balaban J connectivity index is -0.000000678. The van der Waals surface area contributed by atoms with Gasteiger partial charge in [0.05, 0.1) is 36.3 Å². The molecule has 6 heterocycles. The minimum atomic E-state index is -1.10. The zero-order valence-corrected chi connectivity index (χ0v) is 30.9. The molecule has 4 saturated heterocycles. The second kappa shape index (κ2) is 19.6. The number of aliphatic hydroxyl groups excluding tert-OH is 2.